The second kappa shape index (κ2) is 8.78. The molecule has 0 bridgehead atoms. The molecule has 1 aliphatic heterocycles. The van der Waals surface area contributed by atoms with E-state index in [1.165, 1.54) is 4.70 Å². The summed E-state index contributed by atoms with van der Waals surface area (Å²) < 4.78 is 18.0. The molecule has 30 heavy (non-hydrogen) atoms. The normalized spacial score (nSPS) is 21.6. The fourth-order valence-corrected chi connectivity index (χ4v) is 5.04. The smallest absolute Gasteiger partial charge is 0.130 e. The number of aliphatic hydroxyl groups is 1. The van der Waals surface area contributed by atoms with E-state index in [0.717, 1.165) is 21.4 Å². The summed E-state index contributed by atoms with van der Waals surface area (Å²) in [6.07, 6.45) is -0.245. The van der Waals surface area contributed by atoms with Crippen molar-refractivity contribution in [1.82, 2.24) is 0 Å². The molecule has 1 aromatic heterocycles. The summed E-state index contributed by atoms with van der Waals surface area (Å²) in [6, 6.07) is 13.8. The maximum absolute atomic E-state index is 10.7. The largest absolute Gasteiger partial charge is 0.507 e. The standard InChI is InChI=1S/C24H26O5S/c1-14(24-8-15-6-4-5-7-23(15)30-24)18-11-19(20(26)12-21(18)28-3)22-10-16(25)9-17(29-22)13-27-2/h4-8,11-12,16-17,22,25-26H,1,9-10,13H2,2-3H3. The van der Waals surface area contributed by atoms with Crippen LogP contribution in [-0.4, -0.2) is 43.2 Å². The molecule has 4 rings (SSSR count). The number of phenolic OH excluding ortho intramolecular Hbond substituents is 1. The van der Waals surface area contributed by atoms with Gasteiger partial charge in [-0.1, -0.05) is 24.8 Å². The molecule has 0 aliphatic carbocycles. The number of thiophene rings is 1. The summed E-state index contributed by atoms with van der Waals surface area (Å²) in [5.74, 6) is 0.624. The van der Waals surface area contributed by atoms with Crippen LogP contribution in [0.25, 0.3) is 15.7 Å². The van der Waals surface area contributed by atoms with E-state index in [9.17, 15) is 10.2 Å². The zero-order chi connectivity index (χ0) is 21.3. The van der Waals surface area contributed by atoms with Gasteiger partial charge in [0, 0.05) is 46.7 Å². The van der Waals surface area contributed by atoms with E-state index in [-0.39, 0.29) is 11.9 Å². The van der Waals surface area contributed by atoms with Crippen molar-refractivity contribution in [2.24, 2.45) is 0 Å². The number of phenols is 1. The van der Waals surface area contributed by atoms with Gasteiger partial charge in [-0.15, -0.1) is 11.3 Å². The van der Waals surface area contributed by atoms with Crippen LogP contribution in [0.1, 0.15) is 34.9 Å². The van der Waals surface area contributed by atoms with Gasteiger partial charge in [0.2, 0.25) is 0 Å². The Morgan fingerprint density at radius 3 is 2.73 bits per heavy atom. The summed E-state index contributed by atoms with van der Waals surface area (Å²) in [7, 11) is 3.18. The second-order valence-electron chi connectivity index (χ2n) is 7.57. The monoisotopic (exact) mass is 426 g/mol. The molecule has 2 heterocycles. The molecule has 0 radical (unpaired) electrons. The zero-order valence-electron chi connectivity index (χ0n) is 17.1. The Labute approximate surface area is 180 Å². The first-order valence-corrected chi connectivity index (χ1v) is 10.7. The number of benzene rings is 2. The molecule has 0 spiro atoms. The van der Waals surface area contributed by atoms with E-state index in [2.05, 4.69) is 24.8 Å². The maximum atomic E-state index is 10.7. The third-order valence-corrected chi connectivity index (χ3v) is 6.65. The van der Waals surface area contributed by atoms with Crippen LogP contribution < -0.4 is 4.74 Å². The highest BCUT2D eigenvalue weighted by atomic mass is 32.1. The van der Waals surface area contributed by atoms with Crippen molar-refractivity contribution in [3.8, 4) is 11.5 Å². The minimum atomic E-state index is -0.514. The maximum Gasteiger partial charge on any atom is 0.130 e. The van der Waals surface area contributed by atoms with Crippen LogP contribution in [0.2, 0.25) is 0 Å². The molecule has 2 aromatic carbocycles. The molecule has 1 aliphatic rings. The highest BCUT2D eigenvalue weighted by Crippen LogP contribution is 2.43. The van der Waals surface area contributed by atoms with Crippen LogP contribution in [0.4, 0.5) is 0 Å². The molecule has 5 nitrogen and oxygen atoms in total. The van der Waals surface area contributed by atoms with Crippen molar-refractivity contribution in [2.75, 3.05) is 20.8 Å². The lowest BCUT2D eigenvalue weighted by Crippen LogP contribution is -2.34. The fourth-order valence-electron chi connectivity index (χ4n) is 4.00. The molecule has 3 atom stereocenters. The number of methoxy groups -OCH3 is 2. The van der Waals surface area contributed by atoms with Crippen molar-refractivity contribution >= 4 is 27.0 Å². The average molecular weight is 427 g/mol. The Balaban J connectivity index is 1.72. The van der Waals surface area contributed by atoms with E-state index in [1.54, 1.807) is 31.6 Å². The van der Waals surface area contributed by atoms with E-state index in [1.807, 2.05) is 18.2 Å². The zero-order valence-corrected chi connectivity index (χ0v) is 17.9. The quantitative estimate of drug-likeness (QED) is 0.587. The molecule has 3 unspecified atom stereocenters. The van der Waals surface area contributed by atoms with Gasteiger partial charge in [0.15, 0.2) is 0 Å². The first kappa shape index (κ1) is 20.9. The molecular formula is C24H26O5S. The van der Waals surface area contributed by atoms with Crippen LogP contribution >= 0.6 is 11.3 Å². The first-order valence-electron chi connectivity index (χ1n) is 9.91. The molecule has 0 amide bonds. The van der Waals surface area contributed by atoms with E-state index in [0.29, 0.717) is 30.8 Å². The average Bonchev–Trinajstić information content (AvgIpc) is 3.17. The Kier molecular flexibility index (Phi) is 6.11. The Morgan fingerprint density at radius 2 is 2.00 bits per heavy atom. The number of aliphatic hydroxyl groups excluding tert-OH is 1. The van der Waals surface area contributed by atoms with Gasteiger partial charge in [0.25, 0.3) is 0 Å². The van der Waals surface area contributed by atoms with Crippen molar-refractivity contribution < 1.29 is 24.4 Å². The topological polar surface area (TPSA) is 68.2 Å². The minimum Gasteiger partial charge on any atom is -0.507 e. The molecule has 2 N–H and O–H groups in total. The molecule has 1 fully saturated rings. The lowest BCUT2D eigenvalue weighted by molar-refractivity contribution is -0.119. The van der Waals surface area contributed by atoms with Crippen LogP contribution in [-0.2, 0) is 9.47 Å². The SMILES string of the molecule is C=C(c1cc2ccccc2s1)c1cc(C2CC(O)CC(COC)O2)c(O)cc1OC. The highest BCUT2D eigenvalue weighted by Gasteiger charge is 2.31. The van der Waals surface area contributed by atoms with E-state index < -0.39 is 12.2 Å². The lowest BCUT2D eigenvalue weighted by atomic mass is 9.92. The summed E-state index contributed by atoms with van der Waals surface area (Å²) in [4.78, 5) is 1.04. The Bertz CT molecular complexity index is 1020. The van der Waals surface area contributed by atoms with Crippen molar-refractivity contribution in [1.29, 1.82) is 0 Å². The summed E-state index contributed by atoms with van der Waals surface area (Å²) >= 11 is 1.67. The molecule has 0 saturated carbocycles. The Morgan fingerprint density at radius 1 is 1.20 bits per heavy atom. The predicted molar refractivity (Wildman–Crippen MR) is 119 cm³/mol. The number of ether oxygens (including phenoxy) is 3. The van der Waals surface area contributed by atoms with Gasteiger partial charge in [0.1, 0.15) is 11.5 Å². The molecule has 6 heteroatoms. The number of aromatic hydroxyl groups is 1. The van der Waals surface area contributed by atoms with Gasteiger partial charge in [-0.3, -0.25) is 0 Å². The molecule has 158 valence electrons. The number of hydrogen-bond acceptors (Lipinski definition) is 6. The molecule has 3 aromatic rings. The summed E-state index contributed by atoms with van der Waals surface area (Å²) in [5.41, 5.74) is 2.23. The first-order chi connectivity index (χ1) is 14.5. The van der Waals surface area contributed by atoms with Crippen LogP contribution in [0.3, 0.4) is 0 Å². The molecular weight excluding hydrogens is 400 g/mol. The predicted octanol–water partition coefficient (Wildman–Crippen LogP) is 4.90. The van der Waals surface area contributed by atoms with Crippen LogP contribution in [0, 0.1) is 0 Å². The Hall–Kier alpha value is -2.38. The van der Waals surface area contributed by atoms with Gasteiger partial charge in [-0.05, 0) is 29.2 Å². The van der Waals surface area contributed by atoms with Crippen LogP contribution in [0.5, 0.6) is 11.5 Å². The third-order valence-electron chi connectivity index (χ3n) is 5.47. The van der Waals surface area contributed by atoms with E-state index in [4.69, 9.17) is 14.2 Å². The van der Waals surface area contributed by atoms with Gasteiger partial charge in [-0.25, -0.2) is 0 Å². The van der Waals surface area contributed by atoms with Gasteiger partial charge < -0.3 is 24.4 Å². The fraction of sp³-hybridized carbons (Fsp3) is 0.333. The van der Waals surface area contributed by atoms with Gasteiger partial charge in [0.05, 0.1) is 32.0 Å². The molecule has 1 saturated heterocycles. The number of fused-ring (bicyclic) bond motifs is 1. The van der Waals surface area contributed by atoms with Gasteiger partial charge >= 0.3 is 0 Å². The second-order valence-corrected chi connectivity index (χ2v) is 8.65. The van der Waals surface area contributed by atoms with E-state index >= 15 is 0 Å². The number of hydrogen-bond donors (Lipinski definition) is 2. The highest BCUT2D eigenvalue weighted by molar-refractivity contribution is 7.20. The third kappa shape index (κ3) is 4.09. The van der Waals surface area contributed by atoms with Crippen molar-refractivity contribution in [2.45, 2.75) is 31.2 Å². The van der Waals surface area contributed by atoms with Crippen molar-refractivity contribution in [3.63, 3.8) is 0 Å². The van der Waals surface area contributed by atoms with Crippen LogP contribution in [0.15, 0.2) is 49.0 Å². The summed E-state index contributed by atoms with van der Waals surface area (Å²) in [6.45, 7) is 4.71. The minimum absolute atomic E-state index is 0.0787. The lowest BCUT2D eigenvalue weighted by Gasteiger charge is -2.33. The number of rotatable bonds is 6. The van der Waals surface area contributed by atoms with Gasteiger partial charge in [-0.2, -0.15) is 0 Å². The van der Waals surface area contributed by atoms with Crippen molar-refractivity contribution in [3.05, 3.63) is 65.0 Å². The summed E-state index contributed by atoms with van der Waals surface area (Å²) in [5, 5.41) is 22.1.